The van der Waals surface area contributed by atoms with E-state index in [1.807, 2.05) is 0 Å². The van der Waals surface area contributed by atoms with Crippen LogP contribution in [0.1, 0.15) is 17.3 Å². The number of fused-ring (bicyclic) bond motifs is 1. The fourth-order valence-electron chi connectivity index (χ4n) is 2.85. The fourth-order valence-corrected chi connectivity index (χ4v) is 2.85. The number of ether oxygens (including phenoxy) is 3. The first kappa shape index (κ1) is 19.3. The minimum Gasteiger partial charge on any atom is -0.493 e. The molecule has 0 spiro atoms. The first-order valence-electron chi connectivity index (χ1n) is 8.37. The zero-order valence-corrected chi connectivity index (χ0v) is 15.1. The Morgan fingerprint density at radius 3 is 2.54 bits per heavy atom. The second-order valence-electron chi connectivity index (χ2n) is 5.69. The lowest BCUT2D eigenvalue weighted by molar-refractivity contribution is -0.0494. The van der Waals surface area contributed by atoms with E-state index in [4.69, 9.17) is 9.47 Å². The summed E-state index contributed by atoms with van der Waals surface area (Å²) < 4.78 is 40.8. The molecule has 0 atom stereocenters. The van der Waals surface area contributed by atoms with Gasteiger partial charge in [-0.25, -0.2) is 9.78 Å². The molecule has 2 aromatic carbocycles. The van der Waals surface area contributed by atoms with Gasteiger partial charge in [-0.05, 0) is 31.2 Å². The van der Waals surface area contributed by atoms with Gasteiger partial charge in [0.1, 0.15) is 5.75 Å². The van der Waals surface area contributed by atoms with Gasteiger partial charge < -0.3 is 19.3 Å². The van der Waals surface area contributed by atoms with Gasteiger partial charge in [0.25, 0.3) is 0 Å². The van der Waals surface area contributed by atoms with Crippen molar-refractivity contribution < 1.29 is 32.9 Å². The predicted molar refractivity (Wildman–Crippen MR) is 98.5 cm³/mol. The molecule has 3 rings (SSSR count). The molecule has 1 N–H and O–H groups in total. The van der Waals surface area contributed by atoms with Crippen molar-refractivity contribution >= 4 is 16.9 Å². The first-order chi connectivity index (χ1) is 13.4. The third-order valence-electron chi connectivity index (χ3n) is 4.00. The van der Waals surface area contributed by atoms with Crippen molar-refractivity contribution in [3.8, 4) is 28.5 Å². The number of para-hydroxylation sites is 1. The van der Waals surface area contributed by atoms with Gasteiger partial charge >= 0.3 is 12.6 Å². The summed E-state index contributed by atoms with van der Waals surface area (Å²) in [4.78, 5) is 16.3. The lowest BCUT2D eigenvalue weighted by atomic mass is 10.0. The normalized spacial score (nSPS) is 10.9. The zero-order chi connectivity index (χ0) is 20.3. The molecule has 6 nitrogen and oxygen atoms in total. The van der Waals surface area contributed by atoms with Crippen LogP contribution in [0, 0.1) is 0 Å². The molecule has 146 valence electrons. The molecule has 0 amide bonds. The molecule has 0 unspecified atom stereocenters. The van der Waals surface area contributed by atoms with Gasteiger partial charge in [0.2, 0.25) is 0 Å². The first-order valence-corrected chi connectivity index (χ1v) is 8.37. The van der Waals surface area contributed by atoms with E-state index < -0.39 is 12.6 Å². The summed E-state index contributed by atoms with van der Waals surface area (Å²) in [6, 6.07) is 10.5. The van der Waals surface area contributed by atoms with Gasteiger partial charge in [0.15, 0.2) is 11.5 Å². The lowest BCUT2D eigenvalue weighted by Crippen LogP contribution is -2.05. The summed E-state index contributed by atoms with van der Waals surface area (Å²) in [6.45, 7) is -0.855. The summed E-state index contributed by atoms with van der Waals surface area (Å²) in [7, 11) is 1.46. The average molecular weight is 389 g/mol. The molecule has 0 aliphatic rings. The van der Waals surface area contributed by atoms with Gasteiger partial charge in [0.05, 0.1) is 30.5 Å². The van der Waals surface area contributed by atoms with Crippen LogP contribution in [0.4, 0.5) is 8.78 Å². The Balaban J connectivity index is 2.26. The Labute approximate surface area is 159 Å². The third-order valence-corrected chi connectivity index (χ3v) is 4.00. The number of halogens is 2. The molecule has 1 heterocycles. The van der Waals surface area contributed by atoms with Crippen molar-refractivity contribution in [2.24, 2.45) is 0 Å². The number of pyridine rings is 1. The van der Waals surface area contributed by atoms with Crippen LogP contribution in [0.2, 0.25) is 0 Å². The smallest absolute Gasteiger partial charge is 0.387 e. The molecule has 28 heavy (non-hydrogen) atoms. The predicted octanol–water partition coefficient (Wildman–Crippen LogP) is 4.61. The van der Waals surface area contributed by atoms with Crippen LogP contribution in [-0.2, 0) is 0 Å². The van der Waals surface area contributed by atoms with E-state index in [1.54, 1.807) is 25.1 Å². The van der Waals surface area contributed by atoms with Crippen LogP contribution >= 0.6 is 0 Å². The van der Waals surface area contributed by atoms with E-state index in [0.29, 0.717) is 29.0 Å². The fraction of sp³-hybridized carbons (Fsp3) is 0.200. The van der Waals surface area contributed by atoms with Crippen molar-refractivity contribution in [3.05, 3.63) is 48.0 Å². The largest absolute Gasteiger partial charge is 0.493 e. The van der Waals surface area contributed by atoms with Crippen molar-refractivity contribution in [3.63, 3.8) is 0 Å². The Bertz CT molecular complexity index is 1020. The number of carboxylic acid groups (broad SMARTS) is 1. The molecule has 0 fully saturated rings. The van der Waals surface area contributed by atoms with Crippen LogP contribution in [0.15, 0.2) is 42.5 Å². The van der Waals surface area contributed by atoms with E-state index in [1.165, 1.54) is 31.4 Å². The standard InChI is InChI=1S/C20H17F2NO5/c1-3-27-18-9-12-13(19(24)25)8-14(23-15(12)10-17(18)26-2)11-6-4-5-7-16(11)28-20(21)22/h4-10,20H,3H2,1-2H3,(H,24,25). The van der Waals surface area contributed by atoms with Crippen molar-refractivity contribution in [2.45, 2.75) is 13.5 Å². The van der Waals surface area contributed by atoms with E-state index >= 15 is 0 Å². The molecule has 0 saturated heterocycles. The third kappa shape index (κ3) is 3.80. The van der Waals surface area contributed by atoms with Gasteiger partial charge in [-0.3, -0.25) is 0 Å². The monoisotopic (exact) mass is 389 g/mol. The van der Waals surface area contributed by atoms with E-state index in [9.17, 15) is 18.7 Å². The highest BCUT2D eigenvalue weighted by Gasteiger charge is 2.19. The quantitative estimate of drug-likeness (QED) is 0.636. The molecule has 8 heteroatoms. The number of carbonyl (C=O) groups is 1. The number of hydrogen-bond donors (Lipinski definition) is 1. The summed E-state index contributed by atoms with van der Waals surface area (Å²) in [5.41, 5.74) is 0.713. The lowest BCUT2D eigenvalue weighted by Gasteiger charge is -2.14. The number of aromatic carboxylic acids is 1. The maximum atomic E-state index is 12.7. The highest BCUT2D eigenvalue weighted by Crippen LogP contribution is 2.37. The number of rotatable bonds is 7. The second kappa shape index (κ2) is 8.08. The molecule has 0 aliphatic carbocycles. The summed E-state index contributed by atoms with van der Waals surface area (Å²) in [5, 5.41) is 10.0. The van der Waals surface area contributed by atoms with Crippen LogP contribution < -0.4 is 14.2 Å². The number of hydrogen-bond acceptors (Lipinski definition) is 5. The Morgan fingerprint density at radius 1 is 1.14 bits per heavy atom. The van der Waals surface area contributed by atoms with Crippen molar-refractivity contribution in [1.29, 1.82) is 0 Å². The van der Waals surface area contributed by atoms with Gasteiger partial charge in [0, 0.05) is 17.0 Å². The molecule has 0 saturated carbocycles. The van der Waals surface area contributed by atoms with Crippen LogP contribution in [0.3, 0.4) is 0 Å². The van der Waals surface area contributed by atoms with E-state index in [0.717, 1.165) is 0 Å². The highest BCUT2D eigenvalue weighted by atomic mass is 19.3. The number of methoxy groups -OCH3 is 1. The molecular formula is C20H17F2NO5. The van der Waals surface area contributed by atoms with Gasteiger partial charge in [-0.1, -0.05) is 12.1 Å². The zero-order valence-electron chi connectivity index (χ0n) is 15.1. The Hall–Kier alpha value is -3.42. The Morgan fingerprint density at radius 2 is 1.89 bits per heavy atom. The maximum absolute atomic E-state index is 12.7. The van der Waals surface area contributed by atoms with Crippen LogP contribution in [-0.4, -0.2) is 36.4 Å². The van der Waals surface area contributed by atoms with Crippen LogP contribution in [0.5, 0.6) is 17.2 Å². The molecule has 0 bridgehead atoms. The maximum Gasteiger partial charge on any atom is 0.387 e. The molecule has 0 radical (unpaired) electrons. The molecule has 1 aromatic heterocycles. The number of aromatic nitrogens is 1. The topological polar surface area (TPSA) is 77.9 Å². The molecular weight excluding hydrogens is 372 g/mol. The number of benzene rings is 2. The van der Waals surface area contributed by atoms with Crippen LogP contribution in [0.25, 0.3) is 22.2 Å². The van der Waals surface area contributed by atoms with Crippen molar-refractivity contribution in [2.75, 3.05) is 13.7 Å². The van der Waals surface area contributed by atoms with E-state index in [2.05, 4.69) is 9.72 Å². The highest BCUT2D eigenvalue weighted by molar-refractivity contribution is 6.04. The van der Waals surface area contributed by atoms with Gasteiger partial charge in [-0.15, -0.1) is 0 Å². The molecule has 0 aliphatic heterocycles. The van der Waals surface area contributed by atoms with E-state index in [-0.39, 0.29) is 22.6 Å². The summed E-state index contributed by atoms with van der Waals surface area (Å²) >= 11 is 0. The SMILES string of the molecule is CCOc1cc2c(C(=O)O)cc(-c3ccccc3OC(F)F)nc2cc1OC. The number of alkyl halides is 2. The van der Waals surface area contributed by atoms with Crippen molar-refractivity contribution in [1.82, 2.24) is 4.98 Å². The summed E-state index contributed by atoms with van der Waals surface area (Å²) in [5.74, 6) is -0.518. The second-order valence-corrected chi connectivity index (χ2v) is 5.69. The number of carboxylic acids is 1. The minimum absolute atomic E-state index is 0.0459. The average Bonchev–Trinajstić information content (AvgIpc) is 2.66. The number of nitrogens with zero attached hydrogens (tertiary/aromatic N) is 1. The summed E-state index contributed by atoms with van der Waals surface area (Å²) in [6.07, 6.45) is 0. The van der Waals surface area contributed by atoms with Gasteiger partial charge in [-0.2, -0.15) is 8.78 Å². The molecule has 3 aromatic rings. The minimum atomic E-state index is -3.02. The Kier molecular flexibility index (Phi) is 5.58.